The van der Waals surface area contributed by atoms with E-state index in [4.69, 9.17) is 0 Å². The number of hydrogen-bond acceptors (Lipinski definition) is 2. The molecule has 0 saturated heterocycles. The highest BCUT2D eigenvalue weighted by atomic mass is 15.2. The summed E-state index contributed by atoms with van der Waals surface area (Å²) in [5.74, 6) is 0. The third kappa shape index (κ3) is 5.32. The Kier molecular flexibility index (Phi) is 7.57. The normalized spacial score (nSPS) is 12.0. The van der Waals surface area contributed by atoms with Gasteiger partial charge in [0.15, 0.2) is 0 Å². The fourth-order valence-corrected chi connectivity index (χ4v) is 6.78. The quantitative estimate of drug-likeness (QED) is 0.165. The summed E-state index contributed by atoms with van der Waals surface area (Å²) in [6, 6.07) is 54.4. The molecule has 0 bridgehead atoms. The highest BCUT2D eigenvalue weighted by Gasteiger charge is 2.20. The Morgan fingerprint density at radius 2 is 0.917 bits per heavy atom. The molecule has 2 nitrogen and oxygen atoms in total. The van der Waals surface area contributed by atoms with Gasteiger partial charge in [-0.05, 0) is 101 Å². The van der Waals surface area contributed by atoms with Crippen LogP contribution in [0.25, 0.3) is 32.7 Å². The Hall–Kier alpha value is -6.30. The fourth-order valence-electron chi connectivity index (χ4n) is 6.78. The standard InChI is InChI=1S/C46H34N2/c1-33-21-23-37-13-9-11-19-43(37)45(33)47(39-15-5-3-6-16-39)41-29-25-35(26-30-41)36-27-31-42(32-28-36)48(40-17-7-4-8-18-40)46-34(2)22-24-38-14-10-12-20-44(38)46/h3-7,9-17,19-32H,1-2H3. The summed E-state index contributed by atoms with van der Waals surface area (Å²) in [7, 11) is 0. The maximum Gasteiger partial charge on any atom is 0.0973 e. The number of nitrogens with zero attached hydrogens (tertiary/aromatic N) is 2. The first-order valence-electron chi connectivity index (χ1n) is 16.4. The van der Waals surface area contributed by atoms with Gasteiger partial charge in [-0.25, -0.2) is 0 Å². The van der Waals surface area contributed by atoms with E-state index in [9.17, 15) is 0 Å². The minimum absolute atomic E-state index is 0.957. The van der Waals surface area contributed by atoms with Crippen molar-refractivity contribution in [2.24, 2.45) is 0 Å². The number of rotatable bonds is 7. The van der Waals surface area contributed by atoms with Gasteiger partial charge in [0, 0.05) is 27.8 Å². The van der Waals surface area contributed by atoms with E-state index in [1.165, 1.54) is 43.9 Å². The van der Waals surface area contributed by atoms with Crippen molar-refractivity contribution in [1.29, 1.82) is 0 Å². The smallest absolute Gasteiger partial charge is 0.0973 e. The van der Waals surface area contributed by atoms with E-state index >= 15 is 0 Å². The third-order valence-corrected chi connectivity index (χ3v) is 9.13. The lowest BCUT2D eigenvalue weighted by Gasteiger charge is -2.29. The van der Waals surface area contributed by atoms with Gasteiger partial charge in [0.1, 0.15) is 0 Å². The first-order chi connectivity index (χ1) is 23.7. The molecule has 0 fully saturated rings. The molecule has 0 spiro atoms. The molecule has 0 saturated carbocycles. The van der Waals surface area contributed by atoms with Crippen molar-refractivity contribution in [2.45, 2.75) is 13.8 Å². The van der Waals surface area contributed by atoms with Crippen LogP contribution in [-0.4, -0.2) is 0 Å². The number of para-hydroxylation sites is 1. The van der Waals surface area contributed by atoms with Crippen molar-refractivity contribution >= 4 is 50.0 Å². The van der Waals surface area contributed by atoms with E-state index in [1.54, 1.807) is 0 Å². The SMILES string of the molecule is Cc1ccc2ccccc2c1N(C1=C=C=CC=C1)c1ccc(-c2ccc(N(c3ccccc3)c3c(C)ccc4ccccc34)cc2)cc1. The molecular formula is C46H34N2. The van der Waals surface area contributed by atoms with Gasteiger partial charge in [0.25, 0.3) is 0 Å². The summed E-state index contributed by atoms with van der Waals surface area (Å²) in [4.78, 5) is 4.67. The van der Waals surface area contributed by atoms with Gasteiger partial charge in [-0.1, -0.05) is 127 Å². The van der Waals surface area contributed by atoms with Crippen molar-refractivity contribution in [3.05, 3.63) is 198 Å². The van der Waals surface area contributed by atoms with Gasteiger partial charge < -0.3 is 9.80 Å². The molecule has 0 aliphatic heterocycles. The van der Waals surface area contributed by atoms with Crippen LogP contribution in [0.2, 0.25) is 0 Å². The van der Waals surface area contributed by atoms with Crippen LogP contribution in [0, 0.1) is 13.8 Å². The lowest BCUT2D eigenvalue weighted by Crippen LogP contribution is -2.16. The summed E-state index contributed by atoms with van der Waals surface area (Å²) in [5, 5.41) is 4.89. The lowest BCUT2D eigenvalue weighted by atomic mass is 10.0. The Labute approximate surface area is 282 Å². The summed E-state index contributed by atoms with van der Waals surface area (Å²) in [5.41, 5.74) is 17.9. The van der Waals surface area contributed by atoms with E-state index in [0.29, 0.717) is 0 Å². The molecule has 0 radical (unpaired) electrons. The molecule has 228 valence electrons. The number of anilines is 5. The molecule has 7 aromatic rings. The Balaban J connectivity index is 1.18. The first kappa shape index (κ1) is 29.1. The van der Waals surface area contributed by atoms with Gasteiger partial charge in [-0.15, -0.1) is 0 Å². The average molecular weight is 615 g/mol. The molecule has 48 heavy (non-hydrogen) atoms. The predicted octanol–water partition coefficient (Wildman–Crippen LogP) is 12.6. The maximum atomic E-state index is 3.36. The predicted molar refractivity (Wildman–Crippen MR) is 204 cm³/mol. The monoisotopic (exact) mass is 614 g/mol. The van der Waals surface area contributed by atoms with Crippen molar-refractivity contribution < 1.29 is 0 Å². The van der Waals surface area contributed by atoms with Crippen LogP contribution in [0.4, 0.5) is 28.4 Å². The maximum absolute atomic E-state index is 3.36. The fraction of sp³-hybridized carbons (Fsp3) is 0.0435. The van der Waals surface area contributed by atoms with E-state index in [2.05, 4.69) is 193 Å². The van der Waals surface area contributed by atoms with Crippen LogP contribution in [0.15, 0.2) is 187 Å². The topological polar surface area (TPSA) is 6.48 Å². The highest BCUT2D eigenvalue weighted by Crippen LogP contribution is 2.42. The first-order valence-corrected chi connectivity index (χ1v) is 16.4. The highest BCUT2D eigenvalue weighted by molar-refractivity contribution is 6.01. The molecular weight excluding hydrogens is 581 g/mol. The molecule has 0 aromatic heterocycles. The molecule has 0 amide bonds. The van der Waals surface area contributed by atoms with Crippen LogP contribution in [-0.2, 0) is 0 Å². The molecule has 0 N–H and O–H groups in total. The molecule has 7 aromatic carbocycles. The van der Waals surface area contributed by atoms with E-state index in [1.807, 2.05) is 12.2 Å². The summed E-state index contributed by atoms with van der Waals surface area (Å²) >= 11 is 0. The Bertz CT molecular complexity index is 2420. The molecule has 0 atom stereocenters. The zero-order chi connectivity index (χ0) is 32.5. The van der Waals surface area contributed by atoms with E-state index in [0.717, 1.165) is 34.0 Å². The number of allylic oxidation sites excluding steroid dienone is 3. The Morgan fingerprint density at radius 3 is 1.46 bits per heavy atom. The zero-order valence-electron chi connectivity index (χ0n) is 27.1. The number of hydrogen-bond donors (Lipinski definition) is 0. The van der Waals surface area contributed by atoms with Gasteiger partial charge in [-0.2, -0.15) is 0 Å². The molecule has 0 heterocycles. The number of fused-ring (bicyclic) bond motifs is 2. The van der Waals surface area contributed by atoms with Crippen LogP contribution in [0.5, 0.6) is 0 Å². The van der Waals surface area contributed by atoms with Crippen molar-refractivity contribution in [2.75, 3.05) is 9.80 Å². The summed E-state index contributed by atoms with van der Waals surface area (Å²) in [6.45, 7) is 4.37. The lowest BCUT2D eigenvalue weighted by molar-refractivity contribution is 1.20. The second-order valence-electron chi connectivity index (χ2n) is 12.2. The van der Waals surface area contributed by atoms with Crippen LogP contribution < -0.4 is 9.80 Å². The average Bonchev–Trinajstić information content (AvgIpc) is 3.15. The minimum Gasteiger partial charge on any atom is -0.310 e. The van der Waals surface area contributed by atoms with E-state index in [-0.39, 0.29) is 0 Å². The molecule has 1 aliphatic rings. The second-order valence-corrected chi connectivity index (χ2v) is 12.2. The van der Waals surface area contributed by atoms with E-state index < -0.39 is 0 Å². The number of aryl methyl sites for hydroxylation is 2. The van der Waals surface area contributed by atoms with Crippen molar-refractivity contribution in [1.82, 2.24) is 0 Å². The number of benzene rings is 7. The molecule has 0 unspecified atom stereocenters. The van der Waals surface area contributed by atoms with Crippen LogP contribution >= 0.6 is 0 Å². The second kappa shape index (κ2) is 12.5. The Morgan fingerprint density at radius 1 is 0.438 bits per heavy atom. The third-order valence-electron chi connectivity index (χ3n) is 9.13. The summed E-state index contributed by atoms with van der Waals surface area (Å²) < 4.78 is 0. The van der Waals surface area contributed by atoms with Gasteiger partial charge in [0.2, 0.25) is 0 Å². The zero-order valence-corrected chi connectivity index (χ0v) is 27.1. The molecule has 1 aliphatic carbocycles. The van der Waals surface area contributed by atoms with Gasteiger partial charge in [0.05, 0.1) is 17.1 Å². The molecule has 2 heteroatoms. The largest absolute Gasteiger partial charge is 0.310 e. The minimum atomic E-state index is 0.957. The van der Waals surface area contributed by atoms with Crippen LogP contribution in [0.1, 0.15) is 11.1 Å². The summed E-state index contributed by atoms with van der Waals surface area (Å²) in [6.07, 6.45) is 6.01. The van der Waals surface area contributed by atoms with Gasteiger partial charge in [-0.3, -0.25) is 0 Å². The van der Waals surface area contributed by atoms with Crippen molar-refractivity contribution in [3.8, 4) is 11.1 Å². The van der Waals surface area contributed by atoms with Gasteiger partial charge >= 0.3 is 0 Å². The van der Waals surface area contributed by atoms with Crippen molar-refractivity contribution in [3.63, 3.8) is 0 Å². The van der Waals surface area contributed by atoms with Crippen LogP contribution in [0.3, 0.4) is 0 Å². The molecule has 8 rings (SSSR count).